The van der Waals surface area contributed by atoms with E-state index in [2.05, 4.69) is 6.92 Å². The second-order valence-electron chi connectivity index (χ2n) is 11.5. The lowest BCUT2D eigenvalue weighted by atomic mass is 9.46. The number of nitrogen functional groups attached to an aromatic ring is 1. The number of ketones is 2. The Morgan fingerprint density at radius 3 is 2.92 bits per heavy atom. The summed E-state index contributed by atoms with van der Waals surface area (Å²) < 4.78 is 32.0. The van der Waals surface area contributed by atoms with Crippen LogP contribution in [0.4, 0.5) is 10.1 Å². The standard InChI is InChI=1S/C28H32FNO6/c1-26-8-7-17(31)9-15(26)3-5-18-19-11-24-28(36-14-35-24,27(19,2)12-21(32)25(18)26)23(33)13-34-22-6-4-16(30)10-20(22)29/h4,6-10,18-19,21,24-25,32H,3,5,11-14,30H2,1-2H3/t18?,19?,21?,24?,25?,26-,27?,28?/m1/s1. The molecule has 5 aliphatic rings. The summed E-state index contributed by atoms with van der Waals surface area (Å²) in [5, 5.41) is 11.6. The van der Waals surface area contributed by atoms with Crippen molar-refractivity contribution in [2.75, 3.05) is 19.1 Å². The number of nitrogens with two attached hydrogens (primary N) is 1. The maximum atomic E-state index is 14.3. The van der Waals surface area contributed by atoms with Crippen LogP contribution in [0.15, 0.2) is 42.0 Å². The van der Waals surface area contributed by atoms with Crippen molar-refractivity contribution in [3.05, 3.63) is 47.8 Å². The van der Waals surface area contributed by atoms with Crippen LogP contribution in [0.25, 0.3) is 0 Å². The smallest absolute Gasteiger partial charge is 0.205 e. The molecule has 7 unspecified atom stereocenters. The number of carbonyl (C=O) groups is 2. The van der Waals surface area contributed by atoms with Gasteiger partial charge in [0.05, 0.1) is 12.2 Å². The molecule has 36 heavy (non-hydrogen) atoms. The highest BCUT2D eigenvalue weighted by atomic mass is 19.1. The quantitative estimate of drug-likeness (QED) is 0.614. The van der Waals surface area contributed by atoms with Gasteiger partial charge in [-0.05, 0) is 61.8 Å². The van der Waals surface area contributed by atoms with Crippen LogP contribution in [-0.2, 0) is 19.1 Å². The van der Waals surface area contributed by atoms with Gasteiger partial charge in [0.25, 0.3) is 0 Å². The highest BCUT2D eigenvalue weighted by molar-refractivity contribution is 6.01. The molecule has 1 aromatic carbocycles. The number of fused-ring (bicyclic) bond motifs is 7. The predicted octanol–water partition coefficient (Wildman–Crippen LogP) is 3.36. The number of carbonyl (C=O) groups excluding carboxylic acids is 2. The molecule has 4 fully saturated rings. The molecule has 0 spiro atoms. The summed E-state index contributed by atoms with van der Waals surface area (Å²) in [5.74, 6) is -0.838. The molecule has 0 bridgehead atoms. The van der Waals surface area contributed by atoms with Crippen LogP contribution in [0.1, 0.15) is 39.5 Å². The Hall–Kier alpha value is -2.55. The van der Waals surface area contributed by atoms with Crippen molar-refractivity contribution in [3.63, 3.8) is 0 Å². The Labute approximate surface area is 209 Å². The first-order valence-corrected chi connectivity index (χ1v) is 12.7. The molecule has 6 rings (SSSR count). The molecule has 1 aromatic rings. The minimum atomic E-state index is -1.27. The van der Waals surface area contributed by atoms with Gasteiger partial charge in [-0.15, -0.1) is 0 Å². The van der Waals surface area contributed by atoms with E-state index in [0.717, 1.165) is 24.5 Å². The van der Waals surface area contributed by atoms with E-state index < -0.39 is 34.5 Å². The number of halogens is 1. The van der Waals surface area contributed by atoms with Crippen molar-refractivity contribution in [2.24, 2.45) is 28.6 Å². The molecular weight excluding hydrogens is 465 g/mol. The zero-order chi connectivity index (χ0) is 25.5. The van der Waals surface area contributed by atoms with Crippen molar-refractivity contribution < 1.29 is 33.3 Å². The number of aliphatic hydroxyl groups is 1. The van der Waals surface area contributed by atoms with Crippen molar-refractivity contribution in [2.45, 2.75) is 57.3 Å². The second-order valence-corrected chi connectivity index (χ2v) is 11.5. The van der Waals surface area contributed by atoms with E-state index in [-0.39, 0.29) is 54.2 Å². The summed E-state index contributed by atoms with van der Waals surface area (Å²) in [6.07, 6.45) is 6.77. The molecule has 3 saturated carbocycles. The SMILES string of the molecule is CC12CC(O)C3C(CCC4=CC(=O)C=C[C@]43C)C1CC1OCOC12C(=O)COc1ccc(N)cc1F. The maximum Gasteiger partial charge on any atom is 0.205 e. The Morgan fingerprint density at radius 1 is 1.33 bits per heavy atom. The molecule has 0 aromatic heterocycles. The molecule has 3 N–H and O–H groups in total. The predicted molar refractivity (Wildman–Crippen MR) is 128 cm³/mol. The van der Waals surface area contributed by atoms with Gasteiger partial charge in [0.2, 0.25) is 5.78 Å². The number of benzene rings is 1. The zero-order valence-corrected chi connectivity index (χ0v) is 20.5. The van der Waals surface area contributed by atoms with Crippen molar-refractivity contribution in [1.29, 1.82) is 0 Å². The lowest BCUT2D eigenvalue weighted by molar-refractivity contribution is -0.185. The average molecular weight is 498 g/mol. The van der Waals surface area contributed by atoms with E-state index in [1.54, 1.807) is 12.2 Å². The highest BCUT2D eigenvalue weighted by Gasteiger charge is 2.74. The van der Waals surface area contributed by atoms with Crippen molar-refractivity contribution >= 4 is 17.3 Å². The molecule has 8 atom stereocenters. The Kier molecular flexibility index (Phi) is 5.28. The molecule has 4 aliphatic carbocycles. The van der Waals surface area contributed by atoms with Crippen LogP contribution in [-0.4, -0.2) is 47.9 Å². The van der Waals surface area contributed by atoms with E-state index in [0.29, 0.717) is 12.8 Å². The van der Waals surface area contributed by atoms with Gasteiger partial charge in [-0.1, -0.05) is 25.5 Å². The molecule has 0 amide bonds. The molecular formula is C28H32FNO6. The monoisotopic (exact) mass is 497 g/mol. The van der Waals surface area contributed by atoms with Gasteiger partial charge in [0.15, 0.2) is 23.0 Å². The van der Waals surface area contributed by atoms with Gasteiger partial charge in [0, 0.05) is 28.5 Å². The molecule has 7 nitrogen and oxygen atoms in total. The summed E-state index contributed by atoms with van der Waals surface area (Å²) in [6, 6.07) is 4.08. The number of hydrogen-bond donors (Lipinski definition) is 2. The van der Waals surface area contributed by atoms with Crippen LogP contribution >= 0.6 is 0 Å². The van der Waals surface area contributed by atoms with Gasteiger partial charge >= 0.3 is 0 Å². The third-order valence-corrected chi connectivity index (χ3v) is 9.94. The molecule has 0 radical (unpaired) electrons. The fraction of sp³-hybridized carbons (Fsp3) is 0.571. The molecule has 1 heterocycles. The van der Waals surface area contributed by atoms with Crippen LogP contribution in [0.5, 0.6) is 5.75 Å². The molecule has 8 heteroatoms. The summed E-state index contributed by atoms with van der Waals surface area (Å²) in [4.78, 5) is 25.9. The van der Waals surface area contributed by atoms with E-state index in [9.17, 15) is 19.1 Å². The largest absolute Gasteiger partial charge is 0.483 e. The molecule has 192 valence electrons. The topological polar surface area (TPSA) is 108 Å². The van der Waals surface area contributed by atoms with Crippen LogP contribution in [0.3, 0.4) is 0 Å². The minimum absolute atomic E-state index is 0.00431. The van der Waals surface area contributed by atoms with E-state index in [1.165, 1.54) is 12.1 Å². The fourth-order valence-electron chi connectivity index (χ4n) is 8.41. The number of aliphatic hydroxyl groups excluding tert-OH is 1. The van der Waals surface area contributed by atoms with Gasteiger partial charge in [-0.3, -0.25) is 9.59 Å². The van der Waals surface area contributed by atoms with Crippen LogP contribution in [0, 0.1) is 34.4 Å². The second kappa shape index (κ2) is 7.97. The number of Topliss-reactive ketones (excluding diaryl/α,β-unsaturated/α-hetero) is 1. The van der Waals surface area contributed by atoms with E-state index >= 15 is 0 Å². The van der Waals surface area contributed by atoms with Gasteiger partial charge in [0.1, 0.15) is 13.4 Å². The highest BCUT2D eigenvalue weighted by Crippen LogP contribution is 2.69. The first-order valence-electron chi connectivity index (χ1n) is 12.7. The summed E-state index contributed by atoms with van der Waals surface area (Å²) in [7, 11) is 0. The number of hydrogen-bond acceptors (Lipinski definition) is 7. The van der Waals surface area contributed by atoms with Crippen molar-refractivity contribution in [3.8, 4) is 5.75 Å². The lowest BCUT2D eigenvalue weighted by Gasteiger charge is -2.59. The van der Waals surface area contributed by atoms with Crippen LogP contribution in [0.2, 0.25) is 0 Å². The Bertz CT molecular complexity index is 1200. The first kappa shape index (κ1) is 23.8. The van der Waals surface area contributed by atoms with Gasteiger partial charge in [-0.2, -0.15) is 0 Å². The normalized spacial score (nSPS) is 42.7. The summed E-state index contributed by atoms with van der Waals surface area (Å²) >= 11 is 0. The van der Waals surface area contributed by atoms with Crippen molar-refractivity contribution in [1.82, 2.24) is 0 Å². The van der Waals surface area contributed by atoms with E-state index in [1.807, 2.05) is 13.0 Å². The first-order chi connectivity index (χ1) is 17.1. The third kappa shape index (κ3) is 3.07. The average Bonchev–Trinajstić information content (AvgIpc) is 3.35. The Balaban J connectivity index is 1.32. The minimum Gasteiger partial charge on any atom is -0.483 e. The number of anilines is 1. The third-order valence-electron chi connectivity index (χ3n) is 9.94. The number of ether oxygens (including phenoxy) is 3. The van der Waals surface area contributed by atoms with E-state index in [4.69, 9.17) is 19.9 Å². The molecule has 1 saturated heterocycles. The summed E-state index contributed by atoms with van der Waals surface area (Å²) in [5.41, 5.74) is 4.61. The Morgan fingerprint density at radius 2 is 2.14 bits per heavy atom. The number of allylic oxidation sites excluding steroid dienone is 4. The molecule has 1 aliphatic heterocycles. The summed E-state index contributed by atoms with van der Waals surface area (Å²) in [6.45, 7) is 3.77. The maximum absolute atomic E-state index is 14.3. The van der Waals surface area contributed by atoms with Crippen LogP contribution < -0.4 is 10.5 Å². The number of rotatable bonds is 4. The van der Waals surface area contributed by atoms with Gasteiger partial charge < -0.3 is 25.1 Å². The fourth-order valence-corrected chi connectivity index (χ4v) is 8.41. The van der Waals surface area contributed by atoms with Gasteiger partial charge in [-0.25, -0.2) is 4.39 Å². The zero-order valence-electron chi connectivity index (χ0n) is 20.5. The lowest BCUT2D eigenvalue weighted by Crippen LogP contribution is -2.63.